The van der Waals surface area contributed by atoms with Gasteiger partial charge in [0, 0.05) is 57.2 Å². The number of rotatable bonds is 4. The quantitative estimate of drug-likeness (QED) is 0.348. The molecule has 7 rings (SSSR count). The van der Waals surface area contributed by atoms with Crippen molar-refractivity contribution in [3.63, 3.8) is 0 Å². The first-order chi connectivity index (χ1) is 21.5. The molecule has 1 aromatic heterocycles. The Morgan fingerprint density at radius 1 is 1.07 bits per heavy atom. The third kappa shape index (κ3) is 6.95. The lowest BCUT2D eigenvalue weighted by Gasteiger charge is -2.53. The van der Waals surface area contributed by atoms with E-state index in [1.807, 2.05) is 6.07 Å². The number of halogens is 1. The summed E-state index contributed by atoms with van der Waals surface area (Å²) in [5.74, 6) is 2.20. The van der Waals surface area contributed by atoms with Crippen molar-refractivity contribution in [2.24, 2.45) is 5.41 Å². The predicted octanol–water partition coefficient (Wildman–Crippen LogP) is 5.77. The number of methoxy groups -OCH3 is 1. The number of anilines is 6. The maximum atomic E-state index is 12.5. The number of ether oxygens (including phenoxy) is 2. The summed E-state index contributed by atoms with van der Waals surface area (Å²) >= 11 is 3.55. The molecule has 6 bridgehead atoms. The Kier molecular flexibility index (Phi) is 9.04. The minimum Gasteiger partial charge on any atom is -0.494 e. The normalized spacial score (nSPS) is 18.6. The van der Waals surface area contributed by atoms with E-state index in [4.69, 9.17) is 14.5 Å². The molecule has 11 nitrogen and oxygen atoms in total. The maximum absolute atomic E-state index is 12.5. The van der Waals surface area contributed by atoms with Gasteiger partial charge in [-0.15, -0.1) is 0 Å². The van der Waals surface area contributed by atoms with Crippen LogP contribution in [0.3, 0.4) is 0 Å². The van der Waals surface area contributed by atoms with E-state index in [9.17, 15) is 8.42 Å². The highest BCUT2D eigenvalue weighted by atomic mass is 79.9. The standard InChI is InChI=1S/C32H42BrN7O4S/c1-38-20-32(21-38)11-13-40(14-12-32)27-18-29(43-3)26-16-22(27)8-6-5-7-15-44-23-9-10-25(28(17-23)39(2)45(4,41)42)35-30-24(33)19-34-31(36-26)37-30/h9-10,16-19H,5-8,11-15,20-21H2,1-4H3,(H2,34,35,36,37). The van der Waals surface area contributed by atoms with Crippen LogP contribution in [-0.2, 0) is 16.4 Å². The van der Waals surface area contributed by atoms with Crippen LogP contribution in [0.4, 0.5) is 34.5 Å². The van der Waals surface area contributed by atoms with Gasteiger partial charge in [0.25, 0.3) is 0 Å². The molecule has 0 radical (unpaired) electrons. The average Bonchev–Trinajstić information content (AvgIpc) is 2.99. The molecule has 5 heterocycles. The van der Waals surface area contributed by atoms with E-state index in [-0.39, 0.29) is 0 Å². The zero-order valence-corrected chi connectivity index (χ0v) is 28.8. The van der Waals surface area contributed by atoms with Gasteiger partial charge in [0.1, 0.15) is 17.3 Å². The van der Waals surface area contributed by atoms with Gasteiger partial charge >= 0.3 is 0 Å². The van der Waals surface area contributed by atoms with Crippen LogP contribution in [0, 0.1) is 5.41 Å². The van der Waals surface area contributed by atoms with Crippen molar-refractivity contribution in [1.29, 1.82) is 0 Å². The van der Waals surface area contributed by atoms with E-state index in [0.717, 1.165) is 50.2 Å². The largest absolute Gasteiger partial charge is 0.494 e. The molecule has 0 saturated carbocycles. The highest BCUT2D eigenvalue weighted by Gasteiger charge is 2.43. The molecule has 4 aliphatic rings. The number of hydrogen-bond acceptors (Lipinski definition) is 10. The first-order valence-electron chi connectivity index (χ1n) is 15.5. The molecule has 1 spiro atoms. The molecule has 2 fully saturated rings. The summed E-state index contributed by atoms with van der Waals surface area (Å²) in [6, 6.07) is 9.73. The number of benzene rings is 2. The Morgan fingerprint density at radius 2 is 1.84 bits per heavy atom. The van der Waals surface area contributed by atoms with Gasteiger partial charge in [-0.25, -0.2) is 13.4 Å². The van der Waals surface area contributed by atoms with Crippen LogP contribution < -0.4 is 29.3 Å². The number of sulfonamides is 1. The number of aromatic nitrogens is 2. The van der Waals surface area contributed by atoms with Crippen LogP contribution in [0.25, 0.3) is 0 Å². The van der Waals surface area contributed by atoms with Gasteiger partial charge in [-0.2, -0.15) is 4.98 Å². The van der Waals surface area contributed by atoms with Crippen molar-refractivity contribution in [3.05, 3.63) is 46.6 Å². The van der Waals surface area contributed by atoms with E-state index in [2.05, 4.69) is 60.5 Å². The third-order valence-corrected chi connectivity index (χ3v) is 11.0. The first kappa shape index (κ1) is 31.7. The van der Waals surface area contributed by atoms with Gasteiger partial charge in [-0.3, -0.25) is 4.31 Å². The lowest BCUT2D eigenvalue weighted by atomic mass is 9.72. The number of hydrogen-bond donors (Lipinski definition) is 2. The maximum Gasteiger partial charge on any atom is 0.232 e. The topological polar surface area (TPSA) is 112 Å². The van der Waals surface area contributed by atoms with Crippen LogP contribution in [0.2, 0.25) is 0 Å². The van der Waals surface area contributed by atoms with Crippen molar-refractivity contribution in [2.75, 3.05) is 80.1 Å². The number of likely N-dealkylation sites (tertiary alicyclic amines) is 1. The average molecular weight is 701 g/mol. The number of nitrogens with zero attached hydrogens (tertiary/aromatic N) is 5. The fraction of sp³-hybridized carbons (Fsp3) is 0.500. The zero-order chi connectivity index (χ0) is 31.8. The van der Waals surface area contributed by atoms with Crippen molar-refractivity contribution in [2.45, 2.75) is 38.5 Å². The van der Waals surface area contributed by atoms with E-state index in [0.29, 0.717) is 45.4 Å². The van der Waals surface area contributed by atoms with Crippen LogP contribution >= 0.6 is 15.9 Å². The molecule has 13 heteroatoms. The summed E-state index contributed by atoms with van der Waals surface area (Å²) in [6.45, 7) is 5.03. The Balaban J connectivity index is 1.34. The number of aryl methyl sites for hydroxylation is 1. The van der Waals surface area contributed by atoms with Crippen LogP contribution in [0.15, 0.2) is 41.0 Å². The number of fused-ring (bicyclic) bond motifs is 7. The van der Waals surface area contributed by atoms with Crippen LogP contribution in [0.5, 0.6) is 11.5 Å². The minimum atomic E-state index is -3.53. The van der Waals surface area contributed by atoms with Gasteiger partial charge in [0.05, 0.1) is 41.5 Å². The molecule has 0 unspecified atom stereocenters. The summed E-state index contributed by atoms with van der Waals surface area (Å²) in [5, 5.41) is 6.69. The summed E-state index contributed by atoms with van der Waals surface area (Å²) in [7, 11) is 1.89. The SMILES string of the molecule is COc1cc(N2CCC3(CC2)CN(C)C3)c2cc1Nc1ncc(Br)c(n1)Nc1ccc(cc1N(C)S(C)(=O)=O)OCCCCC2. The molecule has 2 N–H and O–H groups in total. The summed E-state index contributed by atoms with van der Waals surface area (Å²) in [4.78, 5) is 14.2. The molecule has 2 aromatic carbocycles. The molecule has 0 aliphatic carbocycles. The van der Waals surface area contributed by atoms with Gasteiger partial charge in [0.15, 0.2) is 0 Å². The number of nitrogens with one attached hydrogen (secondary N) is 2. The smallest absolute Gasteiger partial charge is 0.232 e. The second kappa shape index (κ2) is 12.8. The zero-order valence-electron chi connectivity index (χ0n) is 26.4. The molecule has 0 amide bonds. The highest BCUT2D eigenvalue weighted by molar-refractivity contribution is 9.10. The van der Waals surface area contributed by atoms with E-state index in [1.165, 1.54) is 54.8 Å². The van der Waals surface area contributed by atoms with E-state index in [1.54, 1.807) is 25.4 Å². The molecular weight excluding hydrogens is 658 g/mol. The molecule has 45 heavy (non-hydrogen) atoms. The predicted molar refractivity (Wildman–Crippen MR) is 183 cm³/mol. The summed E-state index contributed by atoms with van der Waals surface area (Å²) in [5.41, 5.74) is 4.80. The highest BCUT2D eigenvalue weighted by Crippen LogP contribution is 2.43. The molecule has 3 aromatic rings. The van der Waals surface area contributed by atoms with Crippen molar-refractivity contribution in [1.82, 2.24) is 14.9 Å². The Labute approximate surface area is 274 Å². The van der Waals surface area contributed by atoms with Crippen molar-refractivity contribution >= 4 is 60.5 Å². The van der Waals surface area contributed by atoms with Crippen molar-refractivity contribution < 1.29 is 17.9 Å². The van der Waals surface area contributed by atoms with E-state index < -0.39 is 10.0 Å². The van der Waals surface area contributed by atoms with Gasteiger partial charge < -0.3 is 29.9 Å². The number of piperidine rings is 1. The Morgan fingerprint density at radius 3 is 2.56 bits per heavy atom. The Hall–Kier alpha value is -3.29. The van der Waals surface area contributed by atoms with Crippen LogP contribution in [0.1, 0.15) is 37.7 Å². The van der Waals surface area contributed by atoms with Crippen molar-refractivity contribution in [3.8, 4) is 11.5 Å². The van der Waals surface area contributed by atoms with Gasteiger partial charge in [-0.05, 0) is 90.7 Å². The third-order valence-electron chi connectivity index (χ3n) is 9.18. The van der Waals surface area contributed by atoms with Gasteiger partial charge in [0.2, 0.25) is 16.0 Å². The molecule has 242 valence electrons. The fourth-order valence-corrected chi connectivity index (χ4v) is 7.50. The Bertz CT molecular complexity index is 1660. The van der Waals surface area contributed by atoms with E-state index >= 15 is 0 Å². The lowest BCUT2D eigenvalue weighted by Crippen LogP contribution is -2.58. The second-order valence-corrected chi connectivity index (χ2v) is 15.4. The fourth-order valence-electron chi connectivity index (χ4n) is 6.71. The first-order valence-corrected chi connectivity index (χ1v) is 18.1. The molecular formula is C32H42BrN7O4S. The molecule has 0 atom stereocenters. The monoisotopic (exact) mass is 699 g/mol. The van der Waals surface area contributed by atoms with Gasteiger partial charge in [-0.1, -0.05) is 0 Å². The molecule has 2 saturated heterocycles. The summed E-state index contributed by atoms with van der Waals surface area (Å²) in [6.07, 6.45) is 9.07. The van der Waals surface area contributed by atoms with Crippen LogP contribution in [-0.4, -0.2) is 83.5 Å². The molecule has 4 aliphatic heterocycles. The minimum absolute atomic E-state index is 0.380. The second-order valence-electron chi connectivity index (χ2n) is 12.5. The lowest BCUT2D eigenvalue weighted by molar-refractivity contribution is 0.00129. The summed E-state index contributed by atoms with van der Waals surface area (Å²) < 4.78 is 38.9.